The number of ether oxygens (including phenoxy) is 1. The number of benzene rings is 2. The Morgan fingerprint density at radius 2 is 1.86 bits per heavy atom. The molecule has 0 aliphatic carbocycles. The van der Waals surface area contributed by atoms with E-state index in [1.165, 1.54) is 60.6 Å². The first kappa shape index (κ1) is 17.8. The van der Waals surface area contributed by atoms with Crippen molar-refractivity contribution in [2.75, 3.05) is 26.2 Å². The van der Waals surface area contributed by atoms with Crippen molar-refractivity contribution in [2.45, 2.75) is 39.2 Å². The molecule has 0 unspecified atom stereocenters. The first-order chi connectivity index (χ1) is 13.8. The van der Waals surface area contributed by atoms with Gasteiger partial charge in [0.05, 0.1) is 5.52 Å². The maximum absolute atomic E-state index is 6.17. The van der Waals surface area contributed by atoms with Gasteiger partial charge in [0.15, 0.2) is 0 Å². The number of hydrogen-bond donors (Lipinski definition) is 0. The zero-order valence-corrected chi connectivity index (χ0v) is 16.9. The van der Waals surface area contributed by atoms with Crippen LogP contribution in [0.2, 0.25) is 0 Å². The second kappa shape index (κ2) is 7.63. The van der Waals surface area contributed by atoms with Gasteiger partial charge in [0.2, 0.25) is 0 Å². The van der Waals surface area contributed by atoms with Crippen LogP contribution in [0.5, 0.6) is 5.75 Å². The summed E-state index contributed by atoms with van der Waals surface area (Å²) < 4.78 is 8.64. The Kier molecular flexibility index (Phi) is 4.86. The highest BCUT2D eigenvalue weighted by Crippen LogP contribution is 2.33. The van der Waals surface area contributed by atoms with Gasteiger partial charge in [-0.15, -0.1) is 0 Å². The molecule has 4 heterocycles. The monoisotopic (exact) mass is 374 g/mol. The van der Waals surface area contributed by atoms with Crippen LogP contribution in [-0.4, -0.2) is 35.7 Å². The standard InChI is InChI=1S/C25H30N2O/c1-2-3-13-27-24-7-5-4-6-22(24)23-9-8-21(17-25(23)27)28-16-12-20-18-26-14-10-19(20)11-15-26/h4-9,12,17,19H,2-3,10-11,13-16,18H2,1H3. The van der Waals surface area contributed by atoms with E-state index in [-0.39, 0.29) is 0 Å². The van der Waals surface area contributed by atoms with Gasteiger partial charge < -0.3 is 9.30 Å². The molecule has 0 N–H and O–H groups in total. The van der Waals surface area contributed by atoms with Gasteiger partial charge in [-0.25, -0.2) is 0 Å². The Balaban J connectivity index is 1.40. The molecule has 3 saturated heterocycles. The van der Waals surface area contributed by atoms with Crippen LogP contribution in [0.3, 0.4) is 0 Å². The van der Waals surface area contributed by atoms with Crippen LogP contribution in [0.25, 0.3) is 21.8 Å². The molecule has 3 aromatic rings. The number of hydrogen-bond acceptors (Lipinski definition) is 2. The second-order valence-electron chi connectivity index (χ2n) is 8.34. The van der Waals surface area contributed by atoms with Crippen molar-refractivity contribution in [3.8, 4) is 5.75 Å². The fourth-order valence-electron chi connectivity index (χ4n) is 5.00. The van der Waals surface area contributed by atoms with Crippen LogP contribution in [-0.2, 0) is 6.54 Å². The van der Waals surface area contributed by atoms with Crippen LogP contribution in [0, 0.1) is 5.92 Å². The largest absolute Gasteiger partial charge is 0.489 e. The van der Waals surface area contributed by atoms with Gasteiger partial charge in [-0.2, -0.15) is 0 Å². The minimum Gasteiger partial charge on any atom is -0.489 e. The van der Waals surface area contributed by atoms with Crippen molar-refractivity contribution >= 4 is 21.8 Å². The molecule has 3 heteroatoms. The maximum Gasteiger partial charge on any atom is 0.121 e. The molecule has 0 saturated carbocycles. The van der Waals surface area contributed by atoms with E-state index in [1.54, 1.807) is 5.57 Å². The molecule has 0 atom stereocenters. The summed E-state index contributed by atoms with van der Waals surface area (Å²) in [7, 11) is 0. The fraction of sp³-hybridized carbons (Fsp3) is 0.440. The number of fused-ring (bicyclic) bond motifs is 6. The highest BCUT2D eigenvalue weighted by Gasteiger charge is 2.28. The van der Waals surface area contributed by atoms with Crippen LogP contribution in [0.1, 0.15) is 32.6 Å². The fourth-order valence-corrected chi connectivity index (χ4v) is 5.00. The smallest absolute Gasteiger partial charge is 0.121 e. The highest BCUT2D eigenvalue weighted by atomic mass is 16.5. The molecule has 3 fully saturated rings. The average molecular weight is 375 g/mol. The number of rotatable bonds is 6. The first-order valence-electron chi connectivity index (χ1n) is 10.9. The van der Waals surface area contributed by atoms with E-state index in [0.717, 1.165) is 24.8 Å². The number of unbranched alkanes of at least 4 members (excludes halogenated alkanes) is 1. The van der Waals surface area contributed by atoms with E-state index in [1.807, 2.05) is 0 Å². The zero-order chi connectivity index (χ0) is 18.9. The van der Waals surface area contributed by atoms with Crippen molar-refractivity contribution in [3.63, 3.8) is 0 Å². The maximum atomic E-state index is 6.17. The minimum absolute atomic E-state index is 0.681. The zero-order valence-electron chi connectivity index (χ0n) is 16.9. The van der Waals surface area contributed by atoms with Crippen LogP contribution >= 0.6 is 0 Å². The average Bonchev–Trinajstić information content (AvgIpc) is 3.06. The Morgan fingerprint density at radius 1 is 1.04 bits per heavy atom. The summed E-state index contributed by atoms with van der Waals surface area (Å²) in [6.45, 7) is 7.71. The van der Waals surface area contributed by atoms with E-state index < -0.39 is 0 Å². The number of aryl methyl sites for hydroxylation is 1. The number of aromatic nitrogens is 1. The summed E-state index contributed by atoms with van der Waals surface area (Å²) in [5.74, 6) is 1.78. The summed E-state index contributed by atoms with van der Waals surface area (Å²) in [6.07, 6.45) is 7.40. The van der Waals surface area contributed by atoms with Gasteiger partial charge in [-0.3, -0.25) is 4.90 Å². The van der Waals surface area contributed by atoms with Crippen LogP contribution < -0.4 is 4.74 Å². The molecule has 3 aliphatic heterocycles. The van der Waals surface area contributed by atoms with E-state index in [9.17, 15) is 0 Å². The highest BCUT2D eigenvalue weighted by molar-refractivity contribution is 6.08. The third kappa shape index (κ3) is 3.22. The van der Waals surface area contributed by atoms with Gasteiger partial charge in [0, 0.05) is 35.4 Å². The van der Waals surface area contributed by atoms with E-state index >= 15 is 0 Å². The van der Waals surface area contributed by atoms with E-state index in [4.69, 9.17) is 4.74 Å². The summed E-state index contributed by atoms with van der Waals surface area (Å²) in [4.78, 5) is 2.57. The quantitative estimate of drug-likeness (QED) is 0.521. The van der Waals surface area contributed by atoms with Crippen molar-refractivity contribution in [3.05, 3.63) is 54.1 Å². The van der Waals surface area contributed by atoms with Gasteiger partial charge in [0.25, 0.3) is 0 Å². The molecule has 3 aliphatic rings. The predicted octanol–water partition coefficient (Wildman–Crippen LogP) is 5.63. The molecule has 3 nitrogen and oxygen atoms in total. The predicted molar refractivity (Wildman–Crippen MR) is 117 cm³/mol. The molecule has 28 heavy (non-hydrogen) atoms. The van der Waals surface area contributed by atoms with Crippen LogP contribution in [0.4, 0.5) is 0 Å². The molecule has 0 amide bonds. The van der Waals surface area contributed by atoms with Crippen LogP contribution in [0.15, 0.2) is 54.1 Å². The van der Waals surface area contributed by atoms with Crippen molar-refractivity contribution in [1.29, 1.82) is 0 Å². The van der Waals surface area contributed by atoms with Crippen molar-refractivity contribution in [1.82, 2.24) is 9.47 Å². The minimum atomic E-state index is 0.681. The lowest BCUT2D eigenvalue weighted by Gasteiger charge is -2.41. The summed E-state index contributed by atoms with van der Waals surface area (Å²) in [5, 5.41) is 2.67. The molecule has 0 radical (unpaired) electrons. The second-order valence-corrected chi connectivity index (χ2v) is 8.34. The van der Waals surface area contributed by atoms with Gasteiger partial charge in [-0.1, -0.05) is 37.1 Å². The number of nitrogens with zero attached hydrogens (tertiary/aromatic N) is 2. The molecular formula is C25H30N2O. The lowest BCUT2D eigenvalue weighted by molar-refractivity contribution is 0.160. The molecule has 1 aromatic heterocycles. The lowest BCUT2D eigenvalue weighted by atomic mass is 9.84. The summed E-state index contributed by atoms with van der Waals surface area (Å²) in [6, 6.07) is 15.4. The summed E-state index contributed by atoms with van der Waals surface area (Å²) >= 11 is 0. The Labute approximate surface area is 167 Å². The van der Waals surface area contributed by atoms with Crippen molar-refractivity contribution in [2.24, 2.45) is 5.92 Å². The first-order valence-corrected chi connectivity index (χ1v) is 10.9. The Morgan fingerprint density at radius 3 is 2.64 bits per heavy atom. The van der Waals surface area contributed by atoms with Gasteiger partial charge in [-0.05, 0) is 62.5 Å². The normalized spacial score (nSPS) is 23.1. The SMILES string of the molecule is CCCCn1c2ccccc2c2ccc(OCC=C3CN4CCC3CC4)cc21. The molecular weight excluding hydrogens is 344 g/mol. The van der Waals surface area contributed by atoms with E-state index in [0.29, 0.717) is 6.61 Å². The molecule has 0 spiro atoms. The van der Waals surface area contributed by atoms with Gasteiger partial charge >= 0.3 is 0 Å². The molecule has 6 rings (SSSR count). The Bertz CT molecular complexity index is 1010. The molecule has 2 aromatic carbocycles. The molecule has 2 bridgehead atoms. The topological polar surface area (TPSA) is 17.4 Å². The number of para-hydroxylation sites is 1. The Hall–Kier alpha value is -2.26. The van der Waals surface area contributed by atoms with E-state index in [2.05, 4.69) is 64.9 Å². The van der Waals surface area contributed by atoms with Crippen molar-refractivity contribution < 1.29 is 4.74 Å². The third-order valence-electron chi connectivity index (χ3n) is 6.59. The third-order valence-corrected chi connectivity index (χ3v) is 6.59. The summed E-state index contributed by atoms with van der Waals surface area (Å²) in [5.41, 5.74) is 4.22. The molecule has 146 valence electrons. The van der Waals surface area contributed by atoms with Gasteiger partial charge in [0.1, 0.15) is 12.4 Å². The lowest BCUT2D eigenvalue weighted by Crippen LogP contribution is -2.43. The number of piperidine rings is 3.